The number of aromatic nitrogens is 1. The van der Waals surface area contributed by atoms with Crippen molar-refractivity contribution in [1.82, 2.24) is 14.4 Å². The Kier molecular flexibility index (Phi) is 6.01. The minimum Gasteiger partial charge on any atom is -0.335 e. The normalized spacial score (nSPS) is 16.2. The Morgan fingerprint density at radius 1 is 1.00 bits per heavy atom. The molecule has 2 amide bonds. The Hall–Kier alpha value is -2.29. The molecule has 0 spiro atoms. The van der Waals surface area contributed by atoms with Gasteiger partial charge in [0.25, 0.3) is 11.8 Å². The molecule has 2 aliphatic rings. The molecule has 0 atom stereocenters. The lowest BCUT2D eigenvalue weighted by Crippen LogP contribution is -2.50. The maximum Gasteiger partial charge on any atom is 0.257 e. The highest BCUT2D eigenvalue weighted by Gasteiger charge is 2.32. The Balaban J connectivity index is 1.35. The summed E-state index contributed by atoms with van der Waals surface area (Å²) in [5.41, 5.74) is 2.27. The van der Waals surface area contributed by atoms with Gasteiger partial charge in [-0.3, -0.25) is 9.59 Å². The number of hydrogen-bond acceptors (Lipinski definition) is 4. The molecule has 0 N–H and O–H groups in total. The first-order chi connectivity index (χ1) is 15.5. The van der Waals surface area contributed by atoms with Crippen molar-refractivity contribution >= 4 is 46.5 Å². The topological polar surface area (TPSA) is 45.6 Å². The lowest BCUT2D eigenvalue weighted by molar-refractivity contribution is 0.0535. The number of fused-ring (bicyclic) bond motifs is 1. The van der Waals surface area contributed by atoms with Gasteiger partial charge in [0.1, 0.15) is 10.8 Å². The number of amides is 2. The van der Waals surface area contributed by atoms with Crippen LogP contribution in [0.5, 0.6) is 0 Å². The first kappa shape index (κ1) is 21.6. The minimum atomic E-state index is -0.474. The lowest BCUT2D eigenvalue weighted by Gasteiger charge is -2.35. The van der Waals surface area contributed by atoms with Crippen molar-refractivity contribution in [3.05, 3.63) is 75.1 Å². The first-order valence-electron chi connectivity index (χ1n) is 10.4. The second kappa shape index (κ2) is 8.92. The van der Waals surface area contributed by atoms with E-state index in [1.54, 1.807) is 16.2 Å². The summed E-state index contributed by atoms with van der Waals surface area (Å²) >= 11 is 9.68. The number of nitrogens with zero attached hydrogens (tertiary/aromatic N) is 3. The van der Waals surface area contributed by atoms with Crippen LogP contribution >= 0.6 is 34.7 Å². The highest BCUT2D eigenvalue weighted by atomic mass is 35.5. The predicted octanol–water partition coefficient (Wildman–Crippen LogP) is 4.72. The standard InChI is InChI=1S/C23H21ClFN3O2S2/c24-18-13-15(25)3-4-16(18)21(29)26-8-10-27(11-9-26)22(30)20-17-5-12-31-14-19(17)32-23(20)28-6-1-2-7-28/h1-4,6-7,13H,5,8-12,14H2. The second-order valence-electron chi connectivity index (χ2n) is 7.79. The first-order valence-corrected chi connectivity index (χ1v) is 12.8. The Morgan fingerprint density at radius 2 is 1.69 bits per heavy atom. The van der Waals surface area contributed by atoms with Crippen molar-refractivity contribution in [3.63, 3.8) is 0 Å². The zero-order valence-electron chi connectivity index (χ0n) is 17.2. The van der Waals surface area contributed by atoms with Crippen molar-refractivity contribution in [3.8, 4) is 5.00 Å². The zero-order chi connectivity index (χ0) is 22.2. The summed E-state index contributed by atoms with van der Waals surface area (Å²) in [5.74, 6) is 1.29. The van der Waals surface area contributed by atoms with Crippen LogP contribution in [0.15, 0.2) is 42.7 Å². The summed E-state index contributed by atoms with van der Waals surface area (Å²) in [6.07, 6.45) is 4.86. The van der Waals surface area contributed by atoms with Crippen LogP contribution in [-0.4, -0.2) is 58.1 Å². The second-order valence-corrected chi connectivity index (χ2v) is 10.4. The molecule has 0 bridgehead atoms. The molecule has 1 saturated heterocycles. The van der Waals surface area contributed by atoms with E-state index in [9.17, 15) is 14.0 Å². The van der Waals surface area contributed by atoms with Crippen LogP contribution in [0, 0.1) is 5.82 Å². The average Bonchev–Trinajstić information content (AvgIpc) is 3.46. The Labute approximate surface area is 198 Å². The molecule has 5 nitrogen and oxygen atoms in total. The van der Waals surface area contributed by atoms with Gasteiger partial charge in [-0.1, -0.05) is 11.6 Å². The van der Waals surface area contributed by atoms with Gasteiger partial charge < -0.3 is 14.4 Å². The number of piperazine rings is 1. The molecule has 0 radical (unpaired) electrons. The molecule has 1 fully saturated rings. The number of rotatable bonds is 3. The molecule has 0 unspecified atom stereocenters. The van der Waals surface area contributed by atoms with Gasteiger partial charge in [-0.2, -0.15) is 11.8 Å². The summed E-state index contributed by atoms with van der Waals surface area (Å²) in [5, 5.41) is 1.08. The average molecular weight is 490 g/mol. The molecule has 0 saturated carbocycles. The molecule has 2 aromatic heterocycles. The van der Waals surface area contributed by atoms with Crippen LogP contribution in [0.25, 0.3) is 5.00 Å². The Bertz CT molecular complexity index is 1170. The van der Waals surface area contributed by atoms with E-state index in [1.165, 1.54) is 22.6 Å². The van der Waals surface area contributed by atoms with Crippen molar-refractivity contribution in [1.29, 1.82) is 0 Å². The number of carbonyl (C=O) groups is 2. The third kappa shape index (κ3) is 3.95. The highest BCUT2D eigenvalue weighted by molar-refractivity contribution is 7.98. The van der Waals surface area contributed by atoms with Crippen molar-refractivity contribution in [2.24, 2.45) is 0 Å². The summed E-state index contributed by atoms with van der Waals surface area (Å²) in [6.45, 7) is 1.74. The third-order valence-electron chi connectivity index (χ3n) is 5.87. The summed E-state index contributed by atoms with van der Waals surface area (Å²) < 4.78 is 15.4. The van der Waals surface area contributed by atoms with E-state index in [0.29, 0.717) is 26.2 Å². The van der Waals surface area contributed by atoms with E-state index >= 15 is 0 Å². The highest BCUT2D eigenvalue weighted by Crippen LogP contribution is 2.39. The SMILES string of the molecule is O=C(c1ccc(F)cc1Cl)N1CCN(C(=O)c2c(-n3cccc3)sc3c2CCSC3)CC1. The molecule has 1 aromatic carbocycles. The number of carbonyl (C=O) groups excluding carboxylic acids is 2. The predicted molar refractivity (Wildman–Crippen MR) is 127 cm³/mol. The number of thioether (sulfide) groups is 1. The maximum absolute atomic E-state index is 13.6. The fraction of sp³-hybridized carbons (Fsp3) is 0.304. The van der Waals surface area contributed by atoms with Crippen molar-refractivity contribution in [2.75, 3.05) is 31.9 Å². The number of benzene rings is 1. The van der Waals surface area contributed by atoms with E-state index in [-0.39, 0.29) is 22.4 Å². The molecule has 2 aliphatic heterocycles. The van der Waals surface area contributed by atoms with Gasteiger partial charge in [-0.15, -0.1) is 11.3 Å². The van der Waals surface area contributed by atoms with E-state index in [1.807, 2.05) is 45.8 Å². The number of hydrogen-bond donors (Lipinski definition) is 0. The molecular weight excluding hydrogens is 469 g/mol. The van der Waals surface area contributed by atoms with Crippen LogP contribution in [0.2, 0.25) is 5.02 Å². The minimum absolute atomic E-state index is 0.0324. The molecule has 166 valence electrons. The quantitative estimate of drug-likeness (QED) is 0.535. The van der Waals surface area contributed by atoms with Crippen LogP contribution in [0.4, 0.5) is 4.39 Å². The van der Waals surface area contributed by atoms with Crippen molar-refractivity contribution < 1.29 is 14.0 Å². The molecule has 32 heavy (non-hydrogen) atoms. The van der Waals surface area contributed by atoms with Crippen LogP contribution in [-0.2, 0) is 12.2 Å². The lowest BCUT2D eigenvalue weighted by atomic mass is 10.1. The molecule has 3 aromatic rings. The van der Waals surface area contributed by atoms with Gasteiger partial charge in [-0.05, 0) is 48.1 Å². The van der Waals surface area contributed by atoms with E-state index in [4.69, 9.17) is 11.6 Å². The van der Waals surface area contributed by atoms with Gasteiger partial charge >= 0.3 is 0 Å². The summed E-state index contributed by atoms with van der Waals surface area (Å²) in [7, 11) is 0. The fourth-order valence-electron chi connectivity index (χ4n) is 4.19. The van der Waals surface area contributed by atoms with Gasteiger partial charge in [-0.25, -0.2) is 4.39 Å². The molecular formula is C23H21ClFN3O2S2. The van der Waals surface area contributed by atoms with Crippen LogP contribution < -0.4 is 0 Å². The van der Waals surface area contributed by atoms with E-state index in [2.05, 4.69) is 0 Å². The van der Waals surface area contributed by atoms with Gasteiger partial charge in [0.15, 0.2) is 0 Å². The zero-order valence-corrected chi connectivity index (χ0v) is 19.6. The summed E-state index contributed by atoms with van der Waals surface area (Å²) in [4.78, 5) is 31.3. The smallest absolute Gasteiger partial charge is 0.257 e. The maximum atomic E-state index is 13.6. The Morgan fingerprint density at radius 3 is 2.38 bits per heavy atom. The van der Waals surface area contributed by atoms with Crippen molar-refractivity contribution in [2.45, 2.75) is 12.2 Å². The third-order valence-corrected chi connectivity index (χ3v) is 8.60. The number of halogens is 2. The monoisotopic (exact) mass is 489 g/mol. The molecule has 9 heteroatoms. The van der Waals surface area contributed by atoms with E-state index in [0.717, 1.165) is 34.6 Å². The fourth-order valence-corrected chi connectivity index (χ4v) is 6.88. The molecule has 4 heterocycles. The summed E-state index contributed by atoms with van der Waals surface area (Å²) in [6, 6.07) is 7.73. The van der Waals surface area contributed by atoms with Crippen LogP contribution in [0.1, 0.15) is 31.2 Å². The van der Waals surface area contributed by atoms with Gasteiger partial charge in [0, 0.05) is 49.2 Å². The van der Waals surface area contributed by atoms with Crippen LogP contribution in [0.3, 0.4) is 0 Å². The van der Waals surface area contributed by atoms with Gasteiger partial charge in [0.2, 0.25) is 0 Å². The molecule has 0 aliphatic carbocycles. The number of thiophene rings is 1. The van der Waals surface area contributed by atoms with Gasteiger partial charge in [0.05, 0.1) is 16.1 Å². The molecule has 5 rings (SSSR count). The largest absolute Gasteiger partial charge is 0.335 e. The van der Waals surface area contributed by atoms with E-state index < -0.39 is 5.82 Å².